The Hall–Kier alpha value is -1.40. The largest absolute Gasteiger partial charge is 0.390 e. The minimum Gasteiger partial charge on any atom is -0.390 e. The van der Waals surface area contributed by atoms with Crippen LogP contribution in [0.4, 0.5) is 0 Å². The quantitative estimate of drug-likeness (QED) is 0.718. The summed E-state index contributed by atoms with van der Waals surface area (Å²) in [4.78, 5) is 52.0. The van der Waals surface area contributed by atoms with Crippen LogP contribution in [-0.2, 0) is 19.2 Å². The highest BCUT2D eigenvalue weighted by Crippen LogP contribution is 2.72. The lowest BCUT2D eigenvalue weighted by atomic mass is 9.66. The van der Waals surface area contributed by atoms with Crippen LogP contribution in [0.1, 0.15) is 60.8 Å². The molecule has 0 bridgehead atoms. The summed E-state index contributed by atoms with van der Waals surface area (Å²) in [5.74, 6) is -5.32. The zero-order chi connectivity index (χ0) is 20.7. The molecule has 5 atom stereocenters. The van der Waals surface area contributed by atoms with Gasteiger partial charge in [-0.25, -0.2) is 0 Å². The van der Waals surface area contributed by atoms with Crippen molar-refractivity contribution in [3.05, 3.63) is 0 Å². The van der Waals surface area contributed by atoms with Crippen molar-refractivity contribution in [2.24, 2.45) is 34.5 Å². The van der Waals surface area contributed by atoms with Crippen LogP contribution in [0.5, 0.6) is 0 Å². The van der Waals surface area contributed by atoms with E-state index in [-0.39, 0.29) is 25.2 Å². The molecule has 1 spiro atoms. The number of hydrogen-bond donors (Lipinski definition) is 2. The van der Waals surface area contributed by atoms with Crippen LogP contribution in [-0.4, -0.2) is 44.5 Å². The van der Waals surface area contributed by atoms with Gasteiger partial charge in [-0.1, -0.05) is 27.7 Å². The summed E-state index contributed by atoms with van der Waals surface area (Å²) in [7, 11) is 0. The first-order valence-electron chi connectivity index (χ1n) is 9.72. The van der Waals surface area contributed by atoms with Gasteiger partial charge < -0.3 is 10.2 Å². The Balaban J connectivity index is 2.17. The van der Waals surface area contributed by atoms with E-state index in [0.717, 1.165) is 0 Å². The van der Waals surface area contributed by atoms with Crippen molar-refractivity contribution in [3.8, 4) is 0 Å². The van der Waals surface area contributed by atoms with E-state index in [1.54, 1.807) is 13.8 Å². The van der Waals surface area contributed by atoms with Crippen LogP contribution in [0.15, 0.2) is 0 Å². The number of Topliss-reactive ketones (excluding diaryl/α,β-unsaturated/α-hetero) is 4. The third-order valence-corrected chi connectivity index (χ3v) is 7.46. The molecule has 150 valence electrons. The van der Waals surface area contributed by atoms with E-state index in [1.165, 1.54) is 0 Å². The van der Waals surface area contributed by atoms with Gasteiger partial charge in [0.2, 0.25) is 0 Å². The van der Waals surface area contributed by atoms with Crippen molar-refractivity contribution in [3.63, 3.8) is 0 Å². The molecule has 3 aliphatic rings. The van der Waals surface area contributed by atoms with Crippen molar-refractivity contribution < 1.29 is 29.4 Å². The third kappa shape index (κ3) is 2.26. The molecule has 0 saturated heterocycles. The summed E-state index contributed by atoms with van der Waals surface area (Å²) in [6.45, 7) is 10.6. The molecular weight excluding hydrogens is 348 g/mol. The maximum atomic E-state index is 13.5. The Bertz CT molecular complexity index is 742. The van der Waals surface area contributed by atoms with Crippen molar-refractivity contribution >= 4 is 23.1 Å². The molecule has 3 rings (SSSR count). The van der Waals surface area contributed by atoms with E-state index in [9.17, 15) is 29.4 Å². The van der Waals surface area contributed by atoms with Gasteiger partial charge in [0.25, 0.3) is 0 Å². The van der Waals surface area contributed by atoms with Crippen molar-refractivity contribution in [2.75, 3.05) is 0 Å². The molecule has 3 saturated carbocycles. The molecule has 3 fully saturated rings. The van der Waals surface area contributed by atoms with Gasteiger partial charge in [-0.15, -0.1) is 0 Å². The monoisotopic (exact) mass is 378 g/mol. The Morgan fingerprint density at radius 1 is 1.19 bits per heavy atom. The number of carbonyl (C=O) groups excluding carboxylic acids is 4. The van der Waals surface area contributed by atoms with Gasteiger partial charge in [-0.05, 0) is 43.4 Å². The first kappa shape index (κ1) is 20.3. The first-order chi connectivity index (χ1) is 12.1. The molecule has 0 heterocycles. The van der Waals surface area contributed by atoms with E-state index < -0.39 is 62.9 Å². The van der Waals surface area contributed by atoms with E-state index in [4.69, 9.17) is 0 Å². The van der Waals surface area contributed by atoms with Gasteiger partial charge in [0, 0.05) is 12.8 Å². The van der Waals surface area contributed by atoms with Crippen molar-refractivity contribution in [2.45, 2.75) is 72.0 Å². The fourth-order valence-corrected chi connectivity index (χ4v) is 6.39. The molecule has 0 amide bonds. The average Bonchev–Trinajstić information content (AvgIpc) is 2.94. The lowest BCUT2D eigenvalue weighted by Crippen LogP contribution is -2.52. The zero-order valence-electron chi connectivity index (χ0n) is 17.0. The summed E-state index contributed by atoms with van der Waals surface area (Å²) in [6.07, 6.45) is -0.00340. The second kappa shape index (κ2) is 5.57. The number of carbonyl (C=O) groups is 4. The third-order valence-electron chi connectivity index (χ3n) is 7.46. The van der Waals surface area contributed by atoms with Crippen LogP contribution in [0, 0.1) is 34.5 Å². The highest BCUT2D eigenvalue weighted by atomic mass is 16.3. The van der Waals surface area contributed by atoms with E-state index in [0.29, 0.717) is 0 Å². The fourth-order valence-electron chi connectivity index (χ4n) is 6.39. The standard InChI is InChI=1S/C21H30O6/c1-10(2)7-11(22)15-16(24)20-9-13(19(5,6)26)18(3,4)12(20)8-14(23)21(20,27)17(15)25/h10,12-13,15,26-27H,7-9H2,1-6H3. The van der Waals surface area contributed by atoms with Crippen molar-refractivity contribution in [1.29, 1.82) is 0 Å². The van der Waals surface area contributed by atoms with Gasteiger partial charge in [0.15, 0.2) is 28.7 Å². The maximum Gasteiger partial charge on any atom is 0.195 e. The normalized spacial score (nSPS) is 40.6. The van der Waals surface area contributed by atoms with Crippen LogP contribution in [0.3, 0.4) is 0 Å². The highest BCUT2D eigenvalue weighted by Gasteiger charge is 2.84. The highest BCUT2D eigenvalue weighted by molar-refractivity contribution is 6.36. The van der Waals surface area contributed by atoms with Gasteiger partial charge in [0.05, 0.1) is 11.0 Å². The summed E-state index contributed by atoms with van der Waals surface area (Å²) in [5.41, 5.74) is -5.85. The molecule has 2 N–H and O–H groups in total. The second-order valence-corrected chi connectivity index (χ2v) is 10.3. The molecular formula is C21H30O6. The van der Waals surface area contributed by atoms with E-state index >= 15 is 0 Å². The molecule has 0 aromatic carbocycles. The van der Waals surface area contributed by atoms with Gasteiger partial charge in [-0.2, -0.15) is 0 Å². The molecule has 6 heteroatoms. The van der Waals surface area contributed by atoms with Crippen LogP contribution in [0.25, 0.3) is 0 Å². The summed E-state index contributed by atoms with van der Waals surface area (Å²) >= 11 is 0. The lowest BCUT2D eigenvalue weighted by Gasteiger charge is -2.39. The molecule has 3 aliphatic carbocycles. The molecule has 27 heavy (non-hydrogen) atoms. The molecule has 0 aliphatic heterocycles. The SMILES string of the molecule is CC(C)CC(=O)C1C(=O)C2(O)C(=O)CC3C(C)(C)C(C(C)(C)O)CC32C1=O. The lowest BCUT2D eigenvalue weighted by molar-refractivity contribution is -0.157. The van der Waals surface area contributed by atoms with Crippen molar-refractivity contribution in [1.82, 2.24) is 0 Å². The predicted octanol–water partition coefficient (Wildman–Crippen LogP) is 1.49. The molecule has 0 radical (unpaired) electrons. The van der Waals surface area contributed by atoms with Gasteiger partial charge in [0.1, 0.15) is 5.92 Å². The summed E-state index contributed by atoms with van der Waals surface area (Å²) in [6, 6.07) is 0. The van der Waals surface area contributed by atoms with Gasteiger partial charge in [-0.3, -0.25) is 19.2 Å². The number of hydrogen-bond acceptors (Lipinski definition) is 6. The Morgan fingerprint density at radius 3 is 2.22 bits per heavy atom. The number of ketones is 4. The molecule has 6 nitrogen and oxygen atoms in total. The smallest absolute Gasteiger partial charge is 0.195 e. The number of rotatable bonds is 4. The molecule has 0 aromatic rings. The summed E-state index contributed by atoms with van der Waals surface area (Å²) in [5, 5.41) is 22.0. The topological polar surface area (TPSA) is 109 Å². The van der Waals surface area contributed by atoms with Crippen LogP contribution in [0.2, 0.25) is 0 Å². The first-order valence-corrected chi connectivity index (χ1v) is 9.72. The fraction of sp³-hybridized carbons (Fsp3) is 0.810. The second-order valence-electron chi connectivity index (χ2n) is 10.3. The minimum absolute atomic E-state index is 0.0342. The Morgan fingerprint density at radius 2 is 1.74 bits per heavy atom. The molecule has 0 aromatic heterocycles. The van der Waals surface area contributed by atoms with Crippen LogP contribution >= 0.6 is 0 Å². The maximum absolute atomic E-state index is 13.5. The summed E-state index contributed by atoms with van der Waals surface area (Å²) < 4.78 is 0. The van der Waals surface area contributed by atoms with E-state index in [2.05, 4.69) is 0 Å². The van der Waals surface area contributed by atoms with E-state index in [1.807, 2.05) is 27.7 Å². The zero-order valence-corrected chi connectivity index (χ0v) is 17.0. The van der Waals surface area contributed by atoms with Crippen LogP contribution < -0.4 is 0 Å². The predicted molar refractivity (Wildman–Crippen MR) is 96.6 cm³/mol. The average molecular weight is 378 g/mol. The minimum atomic E-state index is -2.44. The number of aliphatic hydroxyl groups is 2. The Labute approximate surface area is 159 Å². The Kier molecular flexibility index (Phi) is 4.19. The molecule has 5 unspecified atom stereocenters. The van der Waals surface area contributed by atoms with Gasteiger partial charge >= 0.3 is 0 Å².